The standard InChI is InChI=1S/C19H24ClN3O5/c1-13(19(27)21-16-5-3-15(20)4-6-16)28-18(26)8-7-17(25)23-11-9-22(10-12-23)14(2)24/h3-6,13H,7-12H2,1-2H3,(H,21,27)/t13-/m1/s1. The van der Waals surface area contributed by atoms with E-state index >= 15 is 0 Å². The van der Waals surface area contributed by atoms with Crippen LogP contribution in [0.4, 0.5) is 5.69 Å². The number of piperazine rings is 1. The fourth-order valence-corrected chi connectivity index (χ4v) is 2.85. The summed E-state index contributed by atoms with van der Waals surface area (Å²) in [5, 5.41) is 3.17. The summed E-state index contributed by atoms with van der Waals surface area (Å²) in [4.78, 5) is 50.8. The number of rotatable bonds is 6. The lowest BCUT2D eigenvalue weighted by Gasteiger charge is -2.34. The Bertz CT molecular complexity index is 730. The van der Waals surface area contributed by atoms with Crippen LogP contribution < -0.4 is 5.32 Å². The van der Waals surface area contributed by atoms with Crippen molar-refractivity contribution in [2.24, 2.45) is 0 Å². The Morgan fingerprint density at radius 3 is 2.18 bits per heavy atom. The van der Waals surface area contributed by atoms with Gasteiger partial charge in [-0.05, 0) is 31.2 Å². The van der Waals surface area contributed by atoms with Crippen LogP contribution in [-0.2, 0) is 23.9 Å². The van der Waals surface area contributed by atoms with Crippen molar-refractivity contribution in [3.05, 3.63) is 29.3 Å². The minimum absolute atomic E-state index is 0.00439. The number of anilines is 1. The molecule has 8 nitrogen and oxygen atoms in total. The monoisotopic (exact) mass is 409 g/mol. The van der Waals surface area contributed by atoms with E-state index in [0.29, 0.717) is 36.9 Å². The topological polar surface area (TPSA) is 96.0 Å². The van der Waals surface area contributed by atoms with Crippen LogP contribution in [0.1, 0.15) is 26.7 Å². The van der Waals surface area contributed by atoms with Gasteiger partial charge in [0.05, 0.1) is 6.42 Å². The first-order chi connectivity index (χ1) is 13.3. The van der Waals surface area contributed by atoms with E-state index in [1.54, 1.807) is 34.1 Å². The summed E-state index contributed by atoms with van der Waals surface area (Å²) in [6.45, 7) is 4.85. The molecule has 28 heavy (non-hydrogen) atoms. The predicted octanol–water partition coefficient (Wildman–Crippen LogP) is 1.68. The molecule has 1 fully saturated rings. The van der Waals surface area contributed by atoms with Gasteiger partial charge in [0.1, 0.15) is 0 Å². The van der Waals surface area contributed by atoms with Crippen molar-refractivity contribution in [2.75, 3.05) is 31.5 Å². The third kappa shape index (κ3) is 6.53. The highest BCUT2D eigenvalue weighted by Crippen LogP contribution is 2.14. The molecular weight excluding hydrogens is 386 g/mol. The average Bonchev–Trinajstić information content (AvgIpc) is 2.67. The molecule has 0 radical (unpaired) electrons. The number of nitrogens with one attached hydrogen (secondary N) is 1. The molecule has 1 aromatic rings. The SMILES string of the molecule is CC(=O)N1CCN(C(=O)CCC(=O)O[C@H](C)C(=O)Nc2ccc(Cl)cc2)CC1. The molecule has 0 aliphatic carbocycles. The average molecular weight is 410 g/mol. The molecule has 0 aromatic heterocycles. The maximum Gasteiger partial charge on any atom is 0.307 e. The van der Waals surface area contributed by atoms with Crippen molar-refractivity contribution in [2.45, 2.75) is 32.8 Å². The number of carbonyl (C=O) groups excluding carboxylic acids is 4. The van der Waals surface area contributed by atoms with Gasteiger partial charge >= 0.3 is 5.97 Å². The first-order valence-electron chi connectivity index (χ1n) is 9.05. The lowest BCUT2D eigenvalue weighted by Crippen LogP contribution is -2.50. The van der Waals surface area contributed by atoms with Crippen LogP contribution in [0.25, 0.3) is 0 Å². The van der Waals surface area contributed by atoms with E-state index in [-0.39, 0.29) is 24.7 Å². The maximum absolute atomic E-state index is 12.2. The predicted molar refractivity (Wildman–Crippen MR) is 104 cm³/mol. The zero-order valence-corrected chi connectivity index (χ0v) is 16.7. The molecule has 1 aliphatic heterocycles. The smallest absolute Gasteiger partial charge is 0.307 e. The molecule has 2 rings (SSSR count). The van der Waals surface area contributed by atoms with Gasteiger partial charge in [0, 0.05) is 50.2 Å². The van der Waals surface area contributed by atoms with E-state index in [2.05, 4.69) is 5.32 Å². The van der Waals surface area contributed by atoms with Crippen LogP contribution in [0.5, 0.6) is 0 Å². The molecule has 1 saturated heterocycles. The van der Waals surface area contributed by atoms with Gasteiger partial charge in [-0.15, -0.1) is 0 Å². The van der Waals surface area contributed by atoms with Gasteiger partial charge < -0.3 is 19.9 Å². The Morgan fingerprint density at radius 1 is 1.04 bits per heavy atom. The second-order valence-corrected chi connectivity index (χ2v) is 6.95. The zero-order valence-electron chi connectivity index (χ0n) is 15.9. The molecule has 0 bridgehead atoms. The Kier molecular flexibility index (Phi) is 7.80. The number of ether oxygens (including phenoxy) is 1. The minimum Gasteiger partial charge on any atom is -0.453 e. The summed E-state index contributed by atoms with van der Waals surface area (Å²) in [7, 11) is 0. The molecule has 0 unspecified atom stereocenters. The number of esters is 1. The lowest BCUT2D eigenvalue weighted by molar-refractivity contribution is -0.154. The fourth-order valence-electron chi connectivity index (χ4n) is 2.72. The molecule has 1 heterocycles. The first kappa shape index (κ1) is 21.7. The molecule has 3 amide bonds. The largest absolute Gasteiger partial charge is 0.453 e. The van der Waals surface area contributed by atoms with Crippen molar-refractivity contribution < 1.29 is 23.9 Å². The van der Waals surface area contributed by atoms with E-state index in [1.807, 2.05) is 0 Å². The highest BCUT2D eigenvalue weighted by Gasteiger charge is 2.24. The number of carbonyl (C=O) groups is 4. The van der Waals surface area contributed by atoms with E-state index in [9.17, 15) is 19.2 Å². The second kappa shape index (κ2) is 10.1. The number of halogens is 1. The number of benzene rings is 1. The summed E-state index contributed by atoms with van der Waals surface area (Å²) >= 11 is 5.79. The molecule has 152 valence electrons. The van der Waals surface area contributed by atoms with Crippen molar-refractivity contribution in [1.29, 1.82) is 0 Å². The molecule has 1 N–H and O–H groups in total. The van der Waals surface area contributed by atoms with Crippen molar-refractivity contribution >= 4 is 41.0 Å². The summed E-state index contributed by atoms with van der Waals surface area (Å²) < 4.78 is 5.09. The van der Waals surface area contributed by atoms with Crippen molar-refractivity contribution in [1.82, 2.24) is 9.80 Å². The Hall–Kier alpha value is -2.61. The molecule has 1 aromatic carbocycles. The van der Waals surface area contributed by atoms with Gasteiger partial charge in [0.15, 0.2) is 6.10 Å². The number of amides is 3. The summed E-state index contributed by atoms with van der Waals surface area (Å²) in [6, 6.07) is 6.55. The van der Waals surface area contributed by atoms with Gasteiger partial charge in [0.25, 0.3) is 5.91 Å². The highest BCUT2D eigenvalue weighted by atomic mass is 35.5. The Labute approximate surface area is 168 Å². The van der Waals surface area contributed by atoms with Gasteiger partial charge in [-0.1, -0.05) is 11.6 Å². The molecular formula is C19H24ClN3O5. The van der Waals surface area contributed by atoms with Gasteiger partial charge in [-0.3, -0.25) is 19.2 Å². The van der Waals surface area contributed by atoms with Gasteiger partial charge in [-0.2, -0.15) is 0 Å². The molecule has 0 saturated carbocycles. The minimum atomic E-state index is -0.989. The number of hydrogen-bond donors (Lipinski definition) is 1. The van der Waals surface area contributed by atoms with Crippen LogP contribution in [0.2, 0.25) is 5.02 Å². The second-order valence-electron chi connectivity index (χ2n) is 6.52. The van der Waals surface area contributed by atoms with E-state index in [4.69, 9.17) is 16.3 Å². The van der Waals surface area contributed by atoms with Crippen LogP contribution in [0, 0.1) is 0 Å². The quantitative estimate of drug-likeness (QED) is 0.721. The lowest BCUT2D eigenvalue weighted by atomic mass is 10.2. The van der Waals surface area contributed by atoms with Crippen molar-refractivity contribution in [3.63, 3.8) is 0 Å². The number of nitrogens with zero attached hydrogens (tertiary/aromatic N) is 2. The van der Waals surface area contributed by atoms with Crippen LogP contribution >= 0.6 is 11.6 Å². The summed E-state index contributed by atoms with van der Waals surface area (Å²) in [5.74, 6) is -1.27. The summed E-state index contributed by atoms with van der Waals surface area (Å²) in [5.41, 5.74) is 0.539. The molecule has 1 aliphatic rings. The van der Waals surface area contributed by atoms with Crippen LogP contribution in [-0.4, -0.2) is 65.8 Å². The third-order valence-electron chi connectivity index (χ3n) is 4.41. The van der Waals surface area contributed by atoms with Crippen LogP contribution in [0.15, 0.2) is 24.3 Å². The Morgan fingerprint density at radius 2 is 1.61 bits per heavy atom. The number of hydrogen-bond acceptors (Lipinski definition) is 5. The van der Waals surface area contributed by atoms with E-state index in [0.717, 1.165) is 0 Å². The molecule has 0 spiro atoms. The van der Waals surface area contributed by atoms with Crippen LogP contribution in [0.3, 0.4) is 0 Å². The van der Waals surface area contributed by atoms with Gasteiger partial charge in [-0.25, -0.2) is 0 Å². The zero-order chi connectivity index (χ0) is 20.7. The summed E-state index contributed by atoms with van der Waals surface area (Å²) in [6.07, 6.45) is -1.09. The maximum atomic E-state index is 12.2. The normalized spacial score (nSPS) is 15.0. The molecule has 9 heteroatoms. The van der Waals surface area contributed by atoms with E-state index < -0.39 is 18.0 Å². The highest BCUT2D eigenvalue weighted by molar-refractivity contribution is 6.30. The first-order valence-corrected chi connectivity index (χ1v) is 9.43. The fraction of sp³-hybridized carbons (Fsp3) is 0.474. The Balaban J connectivity index is 1.71. The van der Waals surface area contributed by atoms with E-state index in [1.165, 1.54) is 13.8 Å². The van der Waals surface area contributed by atoms with Gasteiger partial charge in [0.2, 0.25) is 11.8 Å². The molecule has 1 atom stereocenters. The van der Waals surface area contributed by atoms with Crippen molar-refractivity contribution in [3.8, 4) is 0 Å². The third-order valence-corrected chi connectivity index (χ3v) is 4.66.